The molecule has 2 aromatic heterocycles. The van der Waals surface area contributed by atoms with Crippen LogP contribution in [0.4, 0.5) is 16.3 Å². The van der Waals surface area contributed by atoms with E-state index in [2.05, 4.69) is 20.6 Å². The molecule has 0 radical (unpaired) electrons. The molecule has 8 heteroatoms. The molecule has 0 aliphatic carbocycles. The number of pyridine rings is 1. The molecule has 0 aliphatic heterocycles. The van der Waals surface area contributed by atoms with Crippen LogP contribution >= 0.6 is 0 Å². The number of urea groups is 1. The summed E-state index contributed by atoms with van der Waals surface area (Å²) < 4.78 is 1.32. The van der Waals surface area contributed by atoms with Crippen LogP contribution in [0.25, 0.3) is 0 Å². The van der Waals surface area contributed by atoms with Gasteiger partial charge in [-0.1, -0.05) is 0 Å². The van der Waals surface area contributed by atoms with E-state index in [0.717, 1.165) is 11.4 Å². The number of hydrogen-bond acceptors (Lipinski definition) is 5. The van der Waals surface area contributed by atoms with Gasteiger partial charge in [0.25, 0.3) is 5.56 Å². The molecule has 0 unspecified atom stereocenters. The molecule has 0 saturated carbocycles. The van der Waals surface area contributed by atoms with Gasteiger partial charge in [-0.15, -0.1) is 0 Å². The largest absolute Gasteiger partial charge is 0.378 e. The lowest BCUT2D eigenvalue weighted by Crippen LogP contribution is -2.30. The van der Waals surface area contributed by atoms with Gasteiger partial charge in [-0.2, -0.15) is 0 Å². The molecule has 0 saturated heterocycles. The van der Waals surface area contributed by atoms with Crippen molar-refractivity contribution in [3.05, 3.63) is 46.8 Å². The fraction of sp³-hybridized carbons (Fsp3) is 0.286. The minimum Gasteiger partial charge on any atom is -0.378 e. The van der Waals surface area contributed by atoms with Gasteiger partial charge in [0.05, 0.1) is 18.6 Å². The molecule has 0 aromatic carbocycles. The van der Waals surface area contributed by atoms with Gasteiger partial charge < -0.3 is 14.8 Å². The summed E-state index contributed by atoms with van der Waals surface area (Å²) in [4.78, 5) is 33.3. The van der Waals surface area contributed by atoms with Crippen molar-refractivity contribution in [3.8, 4) is 0 Å². The van der Waals surface area contributed by atoms with Gasteiger partial charge in [0, 0.05) is 39.1 Å². The zero-order valence-electron chi connectivity index (χ0n) is 12.7. The molecule has 2 N–H and O–H groups in total. The highest BCUT2D eigenvalue weighted by Gasteiger charge is 2.05. The second kappa shape index (κ2) is 6.70. The van der Waals surface area contributed by atoms with Crippen LogP contribution in [0.15, 0.2) is 35.5 Å². The summed E-state index contributed by atoms with van der Waals surface area (Å²) in [7, 11) is 5.45. The van der Waals surface area contributed by atoms with Crippen molar-refractivity contribution in [2.45, 2.75) is 6.54 Å². The zero-order chi connectivity index (χ0) is 16.1. The van der Waals surface area contributed by atoms with Crippen LogP contribution in [0, 0.1) is 0 Å². The first-order valence-electron chi connectivity index (χ1n) is 6.65. The molecular formula is C14H18N6O2. The number of nitrogens with one attached hydrogen (secondary N) is 2. The first-order valence-corrected chi connectivity index (χ1v) is 6.65. The lowest BCUT2D eigenvalue weighted by atomic mass is 10.3. The van der Waals surface area contributed by atoms with Crippen molar-refractivity contribution in [2.24, 2.45) is 7.05 Å². The quantitative estimate of drug-likeness (QED) is 0.861. The number of carbonyl (C=O) groups is 1. The predicted molar refractivity (Wildman–Crippen MR) is 83.9 cm³/mol. The number of amides is 2. The average molecular weight is 302 g/mol. The smallest absolute Gasteiger partial charge is 0.320 e. The van der Waals surface area contributed by atoms with E-state index in [-0.39, 0.29) is 17.9 Å². The van der Waals surface area contributed by atoms with Crippen LogP contribution in [-0.2, 0) is 13.6 Å². The van der Waals surface area contributed by atoms with E-state index in [9.17, 15) is 9.59 Å². The maximum absolute atomic E-state index is 11.8. The summed E-state index contributed by atoms with van der Waals surface area (Å²) in [5.74, 6) is 0.204. The Morgan fingerprint density at radius 2 is 2.09 bits per heavy atom. The van der Waals surface area contributed by atoms with E-state index in [1.165, 1.54) is 17.0 Å². The molecule has 0 atom stereocenters. The number of aromatic nitrogens is 3. The van der Waals surface area contributed by atoms with Gasteiger partial charge in [-0.25, -0.2) is 9.78 Å². The SMILES string of the molecule is CN(C)c1ccnc(CNC(=O)Nc2cc(=O)n(C)cn2)c1. The van der Waals surface area contributed by atoms with Crippen LogP contribution < -0.4 is 21.1 Å². The highest BCUT2D eigenvalue weighted by atomic mass is 16.2. The van der Waals surface area contributed by atoms with Crippen molar-refractivity contribution < 1.29 is 4.79 Å². The van der Waals surface area contributed by atoms with Crippen LogP contribution in [0.2, 0.25) is 0 Å². The molecule has 2 aromatic rings. The molecule has 0 fully saturated rings. The molecule has 0 spiro atoms. The zero-order valence-corrected chi connectivity index (χ0v) is 12.7. The second-order valence-electron chi connectivity index (χ2n) is 4.93. The Hall–Kier alpha value is -2.90. The number of carbonyl (C=O) groups excluding carboxylic acids is 1. The summed E-state index contributed by atoms with van der Waals surface area (Å²) in [6.45, 7) is 0.276. The summed E-state index contributed by atoms with van der Waals surface area (Å²) in [6, 6.07) is 4.58. The Morgan fingerprint density at radius 3 is 2.77 bits per heavy atom. The van der Waals surface area contributed by atoms with E-state index in [1.807, 2.05) is 31.1 Å². The summed E-state index contributed by atoms with van der Waals surface area (Å²) in [6.07, 6.45) is 3.03. The molecular weight excluding hydrogens is 284 g/mol. The normalized spacial score (nSPS) is 10.1. The van der Waals surface area contributed by atoms with Crippen LogP contribution in [0.5, 0.6) is 0 Å². The fourth-order valence-electron chi connectivity index (χ4n) is 1.70. The van der Waals surface area contributed by atoms with E-state index in [1.54, 1.807) is 13.2 Å². The molecule has 0 bridgehead atoms. The highest BCUT2D eigenvalue weighted by Crippen LogP contribution is 2.10. The van der Waals surface area contributed by atoms with Crippen LogP contribution in [-0.4, -0.2) is 34.7 Å². The van der Waals surface area contributed by atoms with E-state index >= 15 is 0 Å². The number of anilines is 2. The Balaban J connectivity index is 1.94. The van der Waals surface area contributed by atoms with Crippen molar-refractivity contribution in [3.63, 3.8) is 0 Å². The Bertz CT molecular complexity index is 725. The molecule has 2 amide bonds. The average Bonchev–Trinajstić information content (AvgIpc) is 2.49. The maximum atomic E-state index is 11.8. The van der Waals surface area contributed by atoms with Crippen LogP contribution in [0.1, 0.15) is 5.69 Å². The lowest BCUT2D eigenvalue weighted by Gasteiger charge is -2.13. The number of nitrogens with zero attached hydrogens (tertiary/aromatic N) is 4. The summed E-state index contributed by atoms with van der Waals surface area (Å²) in [5.41, 5.74) is 1.49. The Labute approximate surface area is 127 Å². The first kappa shape index (κ1) is 15.5. The van der Waals surface area contributed by atoms with Crippen molar-refractivity contribution >= 4 is 17.5 Å². The van der Waals surface area contributed by atoms with E-state index in [0.29, 0.717) is 0 Å². The third-order valence-corrected chi connectivity index (χ3v) is 2.97. The van der Waals surface area contributed by atoms with Gasteiger partial charge >= 0.3 is 6.03 Å². The van der Waals surface area contributed by atoms with Gasteiger partial charge in [0.1, 0.15) is 5.82 Å². The van der Waals surface area contributed by atoms with Crippen molar-refractivity contribution in [2.75, 3.05) is 24.3 Å². The summed E-state index contributed by atoms with van der Waals surface area (Å²) in [5, 5.41) is 5.17. The number of hydrogen-bond donors (Lipinski definition) is 2. The monoisotopic (exact) mass is 302 g/mol. The fourth-order valence-corrected chi connectivity index (χ4v) is 1.70. The van der Waals surface area contributed by atoms with E-state index < -0.39 is 6.03 Å². The van der Waals surface area contributed by atoms with E-state index in [4.69, 9.17) is 0 Å². The number of rotatable bonds is 4. The first-order chi connectivity index (χ1) is 10.5. The molecule has 2 rings (SSSR count). The maximum Gasteiger partial charge on any atom is 0.320 e. The molecule has 116 valence electrons. The lowest BCUT2D eigenvalue weighted by molar-refractivity contribution is 0.251. The van der Waals surface area contributed by atoms with Gasteiger partial charge in [0.15, 0.2) is 0 Å². The minimum absolute atomic E-state index is 0.204. The Morgan fingerprint density at radius 1 is 1.32 bits per heavy atom. The molecule has 2 heterocycles. The van der Waals surface area contributed by atoms with Crippen molar-refractivity contribution in [1.82, 2.24) is 19.9 Å². The summed E-state index contributed by atoms with van der Waals surface area (Å²) >= 11 is 0. The third-order valence-electron chi connectivity index (χ3n) is 2.97. The minimum atomic E-state index is -0.446. The number of aryl methyl sites for hydroxylation is 1. The highest BCUT2D eigenvalue weighted by molar-refractivity contribution is 5.87. The molecule has 8 nitrogen and oxygen atoms in total. The Kier molecular flexibility index (Phi) is 4.72. The van der Waals surface area contributed by atoms with Gasteiger partial charge in [-0.3, -0.25) is 15.1 Å². The second-order valence-corrected chi connectivity index (χ2v) is 4.93. The van der Waals surface area contributed by atoms with Crippen LogP contribution in [0.3, 0.4) is 0 Å². The molecule has 0 aliphatic rings. The third kappa shape index (κ3) is 4.05. The standard InChI is InChI=1S/C14H18N6O2/c1-19(2)11-4-5-15-10(6-11)8-16-14(22)18-12-7-13(21)20(3)9-17-12/h4-7,9H,8H2,1-3H3,(H2,16,18,22). The van der Waals surface area contributed by atoms with Gasteiger partial charge in [-0.05, 0) is 12.1 Å². The van der Waals surface area contributed by atoms with Gasteiger partial charge in [0.2, 0.25) is 0 Å². The molecule has 22 heavy (non-hydrogen) atoms. The topological polar surface area (TPSA) is 92.2 Å². The van der Waals surface area contributed by atoms with Crippen molar-refractivity contribution in [1.29, 1.82) is 0 Å². The predicted octanol–water partition coefficient (Wildman–Crippen LogP) is 0.563.